The summed E-state index contributed by atoms with van der Waals surface area (Å²) in [7, 11) is 1.86. The van der Waals surface area contributed by atoms with Crippen LogP contribution in [0.15, 0.2) is 24.3 Å². The van der Waals surface area contributed by atoms with E-state index >= 15 is 0 Å². The van der Waals surface area contributed by atoms with Gasteiger partial charge in [0, 0.05) is 30.9 Å². The molecule has 31 heteroatoms. The summed E-state index contributed by atoms with van der Waals surface area (Å²) in [6, 6.07) is -10.4. The molecule has 2 fully saturated rings. The number of carboxylic acids is 1. The Hall–Kier alpha value is -6.41. The van der Waals surface area contributed by atoms with Crippen LogP contribution in [0.2, 0.25) is 0 Å². The Morgan fingerprint density at radius 1 is 0.684 bits per heavy atom. The number of nitrogens with zero attached hydrogens (tertiary/aromatic N) is 1. The van der Waals surface area contributed by atoms with E-state index in [0.717, 1.165) is 40.3 Å². The van der Waals surface area contributed by atoms with Gasteiger partial charge < -0.3 is 85.1 Å². The molecule has 12 atom stereocenters. The monoisotopic (exact) mass is 1130 g/mol. The number of aromatic hydroxyl groups is 1. The van der Waals surface area contributed by atoms with Crippen molar-refractivity contribution < 1.29 is 78.0 Å². The number of carbonyl (C=O) groups excluding carboxylic acids is 11. The first kappa shape index (κ1) is 63.9. The lowest BCUT2D eigenvalue weighted by molar-refractivity contribution is -0.144. The summed E-state index contributed by atoms with van der Waals surface area (Å²) in [4.78, 5) is 162. The van der Waals surface area contributed by atoms with Crippen molar-refractivity contribution in [3.8, 4) is 5.75 Å². The zero-order valence-electron chi connectivity index (χ0n) is 42.1. The van der Waals surface area contributed by atoms with E-state index in [1.807, 2.05) is 0 Å². The third-order valence-electron chi connectivity index (χ3n) is 11.8. The molecule has 11 amide bonds. The van der Waals surface area contributed by atoms with E-state index < -0.39 is 163 Å². The maximum absolute atomic E-state index is 14.3. The molecule has 1 aromatic carbocycles. The molecule has 18 N–H and O–H groups in total. The van der Waals surface area contributed by atoms with Crippen LogP contribution in [-0.2, 0) is 64.0 Å². The van der Waals surface area contributed by atoms with Gasteiger partial charge in [0.25, 0.3) is 0 Å². The maximum Gasteiger partial charge on any atom is 0.327 e. The van der Waals surface area contributed by atoms with Gasteiger partial charge in [-0.15, -0.1) is 0 Å². The van der Waals surface area contributed by atoms with Gasteiger partial charge in [0.2, 0.25) is 65.0 Å². The number of hydrogen-bond donors (Lipinski definition) is 15. The molecule has 2 heterocycles. The van der Waals surface area contributed by atoms with Crippen molar-refractivity contribution in [1.82, 2.24) is 47.4 Å². The summed E-state index contributed by atoms with van der Waals surface area (Å²) in [5, 5.41) is 60.7. The highest BCUT2D eigenvalue weighted by Crippen LogP contribution is 2.24. The first-order valence-corrected chi connectivity index (χ1v) is 27.8. The van der Waals surface area contributed by atoms with Crippen molar-refractivity contribution >= 4 is 104 Å². The number of primary amides is 2. The fourth-order valence-electron chi connectivity index (χ4n) is 7.59. The predicted molar refractivity (Wildman–Crippen MR) is 277 cm³/mol. The van der Waals surface area contributed by atoms with Crippen molar-refractivity contribution in [1.29, 1.82) is 0 Å². The zero-order chi connectivity index (χ0) is 57.0. The highest BCUT2D eigenvalue weighted by Gasteiger charge is 2.42. The number of phenolic OH excluding ortho intramolecular Hbond substituents is 1. The first-order valence-electron chi connectivity index (χ1n) is 23.9. The molecule has 3 rings (SSSR count). The summed E-state index contributed by atoms with van der Waals surface area (Å²) in [6.07, 6.45) is -3.60. The van der Waals surface area contributed by atoms with E-state index in [1.165, 1.54) is 43.0 Å². The molecule has 0 aromatic heterocycles. The Morgan fingerprint density at radius 2 is 1.21 bits per heavy atom. The number of aliphatic carboxylic acids is 1. The Balaban J connectivity index is 2.10. The van der Waals surface area contributed by atoms with Gasteiger partial charge in [-0.05, 0) is 76.2 Å². The van der Waals surface area contributed by atoms with Crippen LogP contribution in [0.5, 0.6) is 5.75 Å². The summed E-state index contributed by atoms with van der Waals surface area (Å²) < 4.78 is 0. The number of carbonyl (C=O) groups is 12. The average molecular weight is 1130 g/mol. The molecule has 0 saturated carbocycles. The Labute approximate surface area is 449 Å². The highest BCUT2D eigenvalue weighted by molar-refractivity contribution is 8.76. The number of benzene rings is 1. The van der Waals surface area contributed by atoms with E-state index in [-0.39, 0.29) is 55.2 Å². The van der Waals surface area contributed by atoms with Crippen LogP contribution in [0.1, 0.15) is 64.9 Å². The summed E-state index contributed by atoms with van der Waals surface area (Å²) in [5.41, 5.74) is 17.2. The summed E-state index contributed by atoms with van der Waals surface area (Å²) in [6.45, 7) is 3.38. The molecular weight excluding hydrogens is 1060 g/mol. The Kier molecular flexibility index (Phi) is 26.0. The molecule has 0 bridgehead atoms. The predicted octanol–water partition coefficient (Wildman–Crippen LogP) is -5.71. The van der Waals surface area contributed by atoms with E-state index in [9.17, 15) is 78.0 Å². The second-order valence-corrected chi connectivity index (χ2v) is 21.6. The standard InChI is InChI=1S/C45H68N12O16S3/c1-20-36(63)53-29(17-33(48)62)44(71)57-14-5-6-31(57)41(68)55-35(22(3)59)43(70)56-34(21(2)58)42(69)52-28(16-23-7-9-24(60)10-8-23)40(67)50-26(11-12-32(47)61)38(65)51-27(13-15-74-4)39(66)54-30(45(72)73)19-76-75-18-25(46)37(64)49-20/h7-10,20-22,25-31,34-35,58-60H,5-6,11-19,46H2,1-4H3,(H2,47,61)(H2,48,62)(H,49,64)(H,50,67)(H,51,65)(H,52,69)(H,53,63)(H,54,66)(H,55,68)(H,56,70)(H,72,73)/t20-,21+,22+,25-,26-,27-,28-,29-,30-,31-,34-,35-/m0/s1. The van der Waals surface area contributed by atoms with Crippen molar-refractivity contribution in [3.05, 3.63) is 29.8 Å². The fourth-order valence-corrected chi connectivity index (χ4v) is 10.3. The minimum atomic E-state index is -1.92. The first-order chi connectivity index (χ1) is 35.7. The number of nitrogens with one attached hydrogen (secondary N) is 8. The molecule has 0 spiro atoms. The van der Waals surface area contributed by atoms with E-state index in [2.05, 4.69) is 42.5 Å². The van der Waals surface area contributed by atoms with Gasteiger partial charge in [0.15, 0.2) is 0 Å². The van der Waals surface area contributed by atoms with Crippen molar-refractivity contribution in [2.24, 2.45) is 17.2 Å². The van der Waals surface area contributed by atoms with Gasteiger partial charge in [-0.25, -0.2) is 4.79 Å². The minimum absolute atomic E-state index is 0.00202. The number of fused-ring (bicyclic) bond motifs is 1. The SMILES string of the molecule is CSCC[C@@H]1NC(=O)[C@H](CCC(N)=O)NC(=O)[C@H](Cc2ccc(O)cc2)NC(=O)[C@H]([C@@H](C)O)NC(=O)[C@H]([C@@H](C)O)NC(=O)[C@@H]2CCCN2C(=O)[C@H](CC(N)=O)NC(=O)[C@H](C)NC(=O)[C@@H](N)CSSC[C@@H](C(=O)O)NC1=O. The number of rotatable bonds is 13. The van der Waals surface area contributed by atoms with Gasteiger partial charge in [-0.3, -0.25) is 52.7 Å². The normalized spacial score (nSPS) is 27.7. The summed E-state index contributed by atoms with van der Waals surface area (Å²) in [5.74, 6) is -12.9. The molecule has 0 radical (unpaired) electrons. The lowest BCUT2D eigenvalue weighted by Gasteiger charge is -2.31. The molecule has 28 nitrogen and oxygen atoms in total. The number of aliphatic hydroxyl groups excluding tert-OH is 2. The van der Waals surface area contributed by atoms with Gasteiger partial charge >= 0.3 is 5.97 Å². The number of thioether (sulfide) groups is 1. The number of aliphatic hydroxyl groups is 2. The van der Waals surface area contributed by atoms with Crippen LogP contribution in [0.25, 0.3) is 0 Å². The molecule has 2 aliphatic rings. The average Bonchev–Trinajstić information content (AvgIpc) is 3.85. The molecule has 0 aliphatic carbocycles. The topological polar surface area (TPSA) is 463 Å². The lowest BCUT2D eigenvalue weighted by Crippen LogP contribution is -2.63. The van der Waals surface area contributed by atoms with Gasteiger partial charge in [0.1, 0.15) is 60.1 Å². The molecule has 2 aliphatic heterocycles. The van der Waals surface area contributed by atoms with E-state index in [1.54, 1.807) is 6.26 Å². The largest absolute Gasteiger partial charge is 0.508 e. The molecular formula is C45H68N12O16S3. The van der Waals surface area contributed by atoms with Crippen molar-refractivity contribution in [3.63, 3.8) is 0 Å². The van der Waals surface area contributed by atoms with Gasteiger partial charge in [-0.1, -0.05) is 33.7 Å². The van der Waals surface area contributed by atoms with Crippen LogP contribution >= 0.6 is 33.3 Å². The van der Waals surface area contributed by atoms with E-state index in [4.69, 9.17) is 17.2 Å². The van der Waals surface area contributed by atoms with Gasteiger partial charge in [-0.2, -0.15) is 11.8 Å². The highest BCUT2D eigenvalue weighted by atomic mass is 33.1. The number of phenols is 1. The molecule has 1 aromatic rings. The number of nitrogens with two attached hydrogens (primary N) is 3. The van der Waals surface area contributed by atoms with Crippen LogP contribution < -0.4 is 59.7 Å². The van der Waals surface area contributed by atoms with E-state index in [0.29, 0.717) is 5.56 Å². The second-order valence-electron chi connectivity index (χ2n) is 18.0. The smallest absolute Gasteiger partial charge is 0.327 e. The quantitative estimate of drug-likeness (QED) is 0.0819. The van der Waals surface area contributed by atoms with Crippen molar-refractivity contribution in [2.45, 2.75) is 138 Å². The number of carboxylic acid groups (broad SMARTS) is 1. The minimum Gasteiger partial charge on any atom is -0.508 e. The van der Waals surface area contributed by atoms with Crippen LogP contribution in [0.4, 0.5) is 0 Å². The zero-order valence-corrected chi connectivity index (χ0v) is 44.6. The van der Waals surface area contributed by atoms with Gasteiger partial charge in [0.05, 0.1) is 24.7 Å². The van der Waals surface area contributed by atoms with Crippen LogP contribution in [0, 0.1) is 0 Å². The third-order valence-corrected chi connectivity index (χ3v) is 14.9. The Morgan fingerprint density at radius 3 is 1.78 bits per heavy atom. The second kappa shape index (κ2) is 31.0. The molecule has 422 valence electrons. The fraction of sp³-hybridized carbons (Fsp3) is 0.600. The maximum atomic E-state index is 14.3. The molecule has 2 saturated heterocycles. The van der Waals surface area contributed by atoms with Crippen LogP contribution in [0.3, 0.4) is 0 Å². The van der Waals surface area contributed by atoms with Crippen molar-refractivity contribution in [2.75, 3.05) is 30.1 Å². The number of amides is 11. The molecule has 0 unspecified atom stereocenters. The molecule has 76 heavy (non-hydrogen) atoms. The summed E-state index contributed by atoms with van der Waals surface area (Å²) >= 11 is 1.28. The Bertz CT molecular complexity index is 2280. The number of hydrogen-bond acceptors (Lipinski definition) is 19. The van der Waals surface area contributed by atoms with Crippen LogP contribution in [-0.4, -0.2) is 199 Å². The third kappa shape index (κ3) is 20.3. The lowest BCUT2D eigenvalue weighted by atomic mass is 10.0.